The van der Waals surface area contributed by atoms with Gasteiger partial charge < -0.3 is 9.80 Å². The topological polar surface area (TPSA) is 52.6 Å². The number of halogens is 1. The number of rotatable bonds is 4. The Morgan fingerprint density at radius 2 is 1.89 bits per heavy atom. The van der Waals surface area contributed by atoms with E-state index >= 15 is 0 Å². The van der Waals surface area contributed by atoms with Crippen LogP contribution in [0.2, 0.25) is 5.02 Å². The summed E-state index contributed by atoms with van der Waals surface area (Å²) in [5.41, 5.74) is 1.67. The molecule has 2 aromatic heterocycles. The molecule has 2 fully saturated rings. The number of piperazine rings is 1. The van der Waals surface area contributed by atoms with Crippen molar-refractivity contribution in [1.29, 1.82) is 0 Å². The van der Waals surface area contributed by atoms with E-state index in [-0.39, 0.29) is 5.91 Å². The highest BCUT2D eigenvalue weighted by Gasteiger charge is 2.26. The number of piperidine rings is 1. The van der Waals surface area contributed by atoms with Crippen molar-refractivity contribution in [2.24, 2.45) is 0 Å². The van der Waals surface area contributed by atoms with Gasteiger partial charge in [0, 0.05) is 45.8 Å². The Balaban J connectivity index is 1.40. The number of nitrogens with zero attached hydrogens (tertiary/aromatic N) is 5. The first kappa shape index (κ1) is 18.7. The lowest BCUT2D eigenvalue weighted by atomic mass is 10.1. The van der Waals surface area contributed by atoms with Crippen LogP contribution in [-0.4, -0.2) is 64.9 Å². The Bertz CT molecular complexity index is 770. The predicted molar refractivity (Wildman–Crippen MR) is 109 cm³/mol. The molecule has 2 aliphatic heterocycles. The number of aromatic nitrogens is 2. The molecule has 0 aromatic carbocycles. The van der Waals surface area contributed by atoms with E-state index in [0.717, 1.165) is 45.6 Å². The third-order valence-corrected chi connectivity index (χ3v) is 6.23. The summed E-state index contributed by atoms with van der Waals surface area (Å²) in [6.45, 7) is 5.95. The van der Waals surface area contributed by atoms with Gasteiger partial charge in [-0.2, -0.15) is 11.3 Å². The van der Waals surface area contributed by atoms with Gasteiger partial charge in [-0.3, -0.25) is 9.69 Å². The van der Waals surface area contributed by atoms with Gasteiger partial charge in [-0.25, -0.2) is 9.97 Å². The first-order chi connectivity index (χ1) is 13.2. The van der Waals surface area contributed by atoms with Crippen molar-refractivity contribution in [1.82, 2.24) is 19.8 Å². The third kappa shape index (κ3) is 4.42. The molecule has 4 heterocycles. The lowest BCUT2D eigenvalue weighted by molar-refractivity contribution is 0.0623. The van der Waals surface area contributed by atoms with Gasteiger partial charge in [-0.1, -0.05) is 11.6 Å². The van der Waals surface area contributed by atoms with Gasteiger partial charge in [0.2, 0.25) is 5.95 Å². The molecule has 6 nitrogen and oxygen atoms in total. The first-order valence-corrected chi connectivity index (χ1v) is 10.8. The second-order valence-electron chi connectivity index (χ2n) is 7.11. The van der Waals surface area contributed by atoms with Gasteiger partial charge in [0.25, 0.3) is 5.91 Å². The molecule has 0 spiro atoms. The molecule has 4 rings (SSSR count). The van der Waals surface area contributed by atoms with Gasteiger partial charge >= 0.3 is 0 Å². The van der Waals surface area contributed by atoms with E-state index in [1.807, 2.05) is 4.90 Å². The number of hydrogen-bond acceptors (Lipinski definition) is 6. The van der Waals surface area contributed by atoms with Crippen LogP contribution in [0.4, 0.5) is 5.95 Å². The zero-order valence-corrected chi connectivity index (χ0v) is 16.9. The third-order valence-electron chi connectivity index (χ3n) is 5.22. The Kier molecular flexibility index (Phi) is 5.90. The second-order valence-corrected chi connectivity index (χ2v) is 8.30. The second kappa shape index (κ2) is 8.54. The first-order valence-electron chi connectivity index (χ1n) is 9.51. The Hall–Kier alpha value is -1.70. The summed E-state index contributed by atoms with van der Waals surface area (Å²) in [7, 11) is 0. The number of anilines is 1. The van der Waals surface area contributed by atoms with Gasteiger partial charge in [-0.05, 0) is 41.7 Å². The molecule has 2 aliphatic rings. The molecule has 0 aliphatic carbocycles. The van der Waals surface area contributed by atoms with Crippen molar-refractivity contribution in [3.05, 3.63) is 39.3 Å². The number of amides is 1. The van der Waals surface area contributed by atoms with Crippen molar-refractivity contribution < 1.29 is 4.79 Å². The highest BCUT2D eigenvalue weighted by atomic mass is 35.5. The molecular formula is C19H24ClN5OS. The van der Waals surface area contributed by atoms with E-state index in [2.05, 4.69) is 36.6 Å². The van der Waals surface area contributed by atoms with Gasteiger partial charge in [0.05, 0.1) is 11.2 Å². The molecule has 0 atom stereocenters. The van der Waals surface area contributed by atoms with E-state index < -0.39 is 0 Å². The van der Waals surface area contributed by atoms with E-state index in [1.165, 1.54) is 12.0 Å². The van der Waals surface area contributed by atoms with E-state index in [1.54, 1.807) is 17.5 Å². The summed E-state index contributed by atoms with van der Waals surface area (Å²) in [5.74, 6) is 0.536. The van der Waals surface area contributed by atoms with Crippen molar-refractivity contribution in [3.8, 4) is 0 Å². The minimum atomic E-state index is -0.0872. The highest BCUT2D eigenvalue weighted by Crippen LogP contribution is 2.21. The SMILES string of the molecule is O=C(c1nc(N2CCCCC2)ncc1Cl)N1CCN(Cc2ccsc2)CC1. The van der Waals surface area contributed by atoms with Gasteiger partial charge in [-0.15, -0.1) is 0 Å². The molecule has 144 valence electrons. The largest absolute Gasteiger partial charge is 0.341 e. The van der Waals surface area contributed by atoms with Crippen molar-refractivity contribution in [2.75, 3.05) is 44.2 Å². The fraction of sp³-hybridized carbons (Fsp3) is 0.526. The highest BCUT2D eigenvalue weighted by molar-refractivity contribution is 7.07. The summed E-state index contributed by atoms with van der Waals surface area (Å²) in [6, 6.07) is 2.16. The van der Waals surface area contributed by atoms with E-state index in [0.29, 0.717) is 29.8 Å². The maximum atomic E-state index is 13.0. The minimum Gasteiger partial charge on any atom is -0.341 e. The van der Waals surface area contributed by atoms with Crippen molar-refractivity contribution in [2.45, 2.75) is 25.8 Å². The molecule has 0 unspecified atom stereocenters. The maximum Gasteiger partial charge on any atom is 0.274 e. The summed E-state index contributed by atoms with van der Waals surface area (Å²) < 4.78 is 0. The van der Waals surface area contributed by atoms with Crippen LogP contribution in [0.15, 0.2) is 23.0 Å². The van der Waals surface area contributed by atoms with Gasteiger partial charge in [0.15, 0.2) is 5.69 Å². The Labute approximate surface area is 168 Å². The molecule has 27 heavy (non-hydrogen) atoms. The smallest absolute Gasteiger partial charge is 0.274 e. The number of thiophene rings is 1. The monoisotopic (exact) mass is 405 g/mol. The van der Waals surface area contributed by atoms with Gasteiger partial charge in [0.1, 0.15) is 0 Å². The standard InChI is InChI=1S/C19H24ClN5OS/c20-16-12-21-19(25-5-2-1-3-6-25)22-17(16)18(26)24-9-7-23(8-10-24)13-15-4-11-27-14-15/h4,11-12,14H,1-3,5-10,13H2. The average Bonchev–Trinajstić information content (AvgIpc) is 3.22. The molecule has 0 saturated carbocycles. The zero-order chi connectivity index (χ0) is 18.6. The quantitative estimate of drug-likeness (QED) is 0.782. The molecule has 8 heteroatoms. The lowest BCUT2D eigenvalue weighted by Gasteiger charge is -2.34. The summed E-state index contributed by atoms with van der Waals surface area (Å²) in [4.78, 5) is 28.3. The van der Waals surface area contributed by atoms with Crippen LogP contribution >= 0.6 is 22.9 Å². The molecule has 2 saturated heterocycles. The molecule has 0 N–H and O–H groups in total. The van der Waals surface area contributed by atoms with Crippen molar-refractivity contribution in [3.63, 3.8) is 0 Å². The van der Waals surface area contributed by atoms with Crippen LogP contribution in [0.25, 0.3) is 0 Å². The van der Waals surface area contributed by atoms with Crippen LogP contribution in [0.3, 0.4) is 0 Å². The average molecular weight is 406 g/mol. The maximum absolute atomic E-state index is 13.0. The van der Waals surface area contributed by atoms with Crippen molar-refractivity contribution >= 4 is 34.8 Å². The fourth-order valence-corrected chi connectivity index (χ4v) is 4.49. The van der Waals surface area contributed by atoms with Crippen LogP contribution in [-0.2, 0) is 6.54 Å². The summed E-state index contributed by atoms with van der Waals surface area (Å²) in [5, 5.41) is 4.62. The van der Waals surface area contributed by atoms with E-state index in [9.17, 15) is 4.79 Å². The number of carbonyl (C=O) groups excluding carboxylic acids is 1. The van der Waals surface area contributed by atoms with Crippen LogP contribution in [0.5, 0.6) is 0 Å². The minimum absolute atomic E-state index is 0.0872. The molecular weight excluding hydrogens is 382 g/mol. The van der Waals surface area contributed by atoms with E-state index in [4.69, 9.17) is 11.6 Å². The Morgan fingerprint density at radius 1 is 1.11 bits per heavy atom. The predicted octanol–water partition coefficient (Wildman–Crippen LogP) is 3.14. The molecule has 2 aromatic rings. The Morgan fingerprint density at radius 3 is 2.59 bits per heavy atom. The normalized spacial score (nSPS) is 18.7. The van der Waals surface area contributed by atoms with Crippen LogP contribution in [0, 0.1) is 0 Å². The molecule has 1 amide bonds. The zero-order valence-electron chi connectivity index (χ0n) is 15.3. The molecule has 0 radical (unpaired) electrons. The lowest BCUT2D eigenvalue weighted by Crippen LogP contribution is -2.48. The summed E-state index contributed by atoms with van der Waals surface area (Å²) in [6.07, 6.45) is 5.09. The number of carbonyl (C=O) groups is 1. The van der Waals surface area contributed by atoms with Crippen LogP contribution in [0.1, 0.15) is 35.3 Å². The number of hydrogen-bond donors (Lipinski definition) is 0. The summed E-state index contributed by atoms with van der Waals surface area (Å²) >= 11 is 7.99. The van der Waals surface area contributed by atoms with Crippen LogP contribution < -0.4 is 4.90 Å². The molecule has 0 bridgehead atoms. The fourth-order valence-electron chi connectivity index (χ4n) is 3.65.